The Morgan fingerprint density at radius 3 is 2.56 bits per heavy atom. The Bertz CT molecular complexity index is 802. The second-order valence-corrected chi connectivity index (χ2v) is 5.39. The number of carbonyl (C=O) groups excluding carboxylic acids is 3. The number of ether oxygens (including phenoxy) is 3. The van der Waals surface area contributed by atoms with Crippen LogP contribution in [0.25, 0.3) is 0 Å². The lowest BCUT2D eigenvalue weighted by Gasteiger charge is -2.14. The molecule has 2 N–H and O–H groups in total. The molecule has 0 radical (unpaired) electrons. The monoisotopic (exact) mass is 376 g/mol. The SMILES string of the molecule is COc1ccc(OC)c(NC(=O)COC(=O)[C@H](C)NC(=O)c2ccco2)c1. The minimum Gasteiger partial charge on any atom is -0.497 e. The lowest BCUT2D eigenvalue weighted by atomic mass is 10.2. The van der Waals surface area contributed by atoms with Gasteiger partial charge in [0.2, 0.25) is 0 Å². The molecule has 2 aromatic rings. The second kappa shape index (κ2) is 9.27. The molecule has 1 heterocycles. The molecule has 2 amide bonds. The molecule has 1 aromatic heterocycles. The Balaban J connectivity index is 1.86. The van der Waals surface area contributed by atoms with Gasteiger partial charge in [-0.15, -0.1) is 0 Å². The fourth-order valence-electron chi connectivity index (χ4n) is 2.09. The molecule has 27 heavy (non-hydrogen) atoms. The van der Waals surface area contributed by atoms with Crippen LogP contribution in [0.2, 0.25) is 0 Å². The Hall–Kier alpha value is -3.49. The molecule has 0 unspecified atom stereocenters. The highest BCUT2D eigenvalue weighted by molar-refractivity contribution is 5.96. The fourth-order valence-corrected chi connectivity index (χ4v) is 2.09. The average molecular weight is 376 g/mol. The molecule has 9 heteroatoms. The number of rotatable bonds is 8. The summed E-state index contributed by atoms with van der Waals surface area (Å²) in [7, 11) is 2.95. The minimum absolute atomic E-state index is 0.0671. The van der Waals surface area contributed by atoms with E-state index in [4.69, 9.17) is 18.6 Å². The van der Waals surface area contributed by atoms with E-state index < -0.39 is 30.4 Å². The predicted octanol–water partition coefficient (Wildman–Crippen LogP) is 1.60. The first-order chi connectivity index (χ1) is 12.9. The summed E-state index contributed by atoms with van der Waals surface area (Å²) in [6, 6.07) is 6.94. The van der Waals surface area contributed by atoms with Gasteiger partial charge in [0.05, 0.1) is 26.2 Å². The van der Waals surface area contributed by atoms with Gasteiger partial charge in [0.1, 0.15) is 17.5 Å². The Labute approximate surface area is 155 Å². The van der Waals surface area contributed by atoms with Gasteiger partial charge in [-0.05, 0) is 31.2 Å². The van der Waals surface area contributed by atoms with E-state index in [0.717, 1.165) is 0 Å². The molecule has 144 valence electrons. The molecule has 0 bridgehead atoms. The Morgan fingerprint density at radius 1 is 1.15 bits per heavy atom. The van der Waals surface area contributed by atoms with Crippen molar-refractivity contribution in [2.45, 2.75) is 13.0 Å². The van der Waals surface area contributed by atoms with Crippen molar-refractivity contribution in [3.63, 3.8) is 0 Å². The Morgan fingerprint density at radius 2 is 1.93 bits per heavy atom. The maximum Gasteiger partial charge on any atom is 0.328 e. The lowest BCUT2D eigenvalue weighted by Crippen LogP contribution is -2.40. The topological polar surface area (TPSA) is 116 Å². The highest BCUT2D eigenvalue weighted by Gasteiger charge is 2.20. The van der Waals surface area contributed by atoms with Crippen molar-refractivity contribution in [1.82, 2.24) is 5.32 Å². The first-order valence-corrected chi connectivity index (χ1v) is 7.97. The Kier molecular flexibility index (Phi) is 6.81. The van der Waals surface area contributed by atoms with Gasteiger partial charge in [0.15, 0.2) is 12.4 Å². The smallest absolute Gasteiger partial charge is 0.328 e. The number of carbonyl (C=O) groups is 3. The third kappa shape index (κ3) is 5.50. The summed E-state index contributed by atoms with van der Waals surface area (Å²) in [6.07, 6.45) is 1.34. The van der Waals surface area contributed by atoms with Crippen LogP contribution in [0, 0.1) is 0 Å². The third-order valence-electron chi connectivity index (χ3n) is 3.47. The van der Waals surface area contributed by atoms with Crippen molar-refractivity contribution in [3.05, 3.63) is 42.4 Å². The molecule has 0 saturated carbocycles. The normalized spacial score (nSPS) is 11.2. The van der Waals surface area contributed by atoms with E-state index in [2.05, 4.69) is 10.6 Å². The summed E-state index contributed by atoms with van der Waals surface area (Å²) in [6.45, 7) is 0.909. The van der Waals surface area contributed by atoms with E-state index in [9.17, 15) is 14.4 Å². The van der Waals surface area contributed by atoms with E-state index >= 15 is 0 Å². The standard InChI is InChI=1S/C18H20N2O7/c1-11(19-17(22)15-5-4-8-26-15)18(23)27-10-16(21)20-13-9-12(24-2)6-7-14(13)25-3/h4-9,11H,10H2,1-3H3,(H,19,22)(H,20,21)/t11-/m0/s1. The van der Waals surface area contributed by atoms with Crippen LogP contribution in [0.4, 0.5) is 5.69 Å². The zero-order valence-electron chi connectivity index (χ0n) is 15.1. The van der Waals surface area contributed by atoms with Gasteiger partial charge in [0.25, 0.3) is 11.8 Å². The molecule has 0 spiro atoms. The number of nitrogens with one attached hydrogen (secondary N) is 2. The summed E-state index contributed by atoms with van der Waals surface area (Å²) < 4.78 is 20.1. The number of anilines is 1. The van der Waals surface area contributed by atoms with Crippen LogP contribution >= 0.6 is 0 Å². The van der Waals surface area contributed by atoms with Crippen molar-refractivity contribution in [3.8, 4) is 11.5 Å². The predicted molar refractivity (Wildman–Crippen MR) is 94.8 cm³/mol. The van der Waals surface area contributed by atoms with Crippen LogP contribution in [0.3, 0.4) is 0 Å². The molecule has 9 nitrogen and oxygen atoms in total. The van der Waals surface area contributed by atoms with Crippen molar-refractivity contribution in [2.24, 2.45) is 0 Å². The van der Waals surface area contributed by atoms with E-state index in [1.807, 2.05) is 0 Å². The van der Waals surface area contributed by atoms with Crippen LogP contribution in [0.1, 0.15) is 17.5 Å². The molecular formula is C18H20N2O7. The summed E-state index contributed by atoms with van der Waals surface area (Å²) in [4.78, 5) is 35.8. The molecular weight excluding hydrogens is 356 g/mol. The van der Waals surface area contributed by atoms with Gasteiger partial charge in [-0.1, -0.05) is 0 Å². The van der Waals surface area contributed by atoms with Gasteiger partial charge in [-0.25, -0.2) is 4.79 Å². The molecule has 2 rings (SSSR count). The first-order valence-electron chi connectivity index (χ1n) is 7.97. The van der Waals surface area contributed by atoms with Gasteiger partial charge < -0.3 is 29.3 Å². The summed E-state index contributed by atoms with van der Waals surface area (Å²) >= 11 is 0. The van der Waals surface area contributed by atoms with E-state index in [1.165, 1.54) is 33.5 Å². The number of amides is 2. The quantitative estimate of drug-likeness (QED) is 0.672. The van der Waals surface area contributed by atoms with Gasteiger partial charge >= 0.3 is 5.97 Å². The lowest BCUT2D eigenvalue weighted by molar-refractivity contribution is -0.148. The molecule has 0 aliphatic rings. The maximum absolute atomic E-state index is 12.0. The summed E-state index contributed by atoms with van der Waals surface area (Å²) in [5.41, 5.74) is 0.372. The van der Waals surface area contributed by atoms with Crippen LogP contribution < -0.4 is 20.1 Å². The molecule has 0 fully saturated rings. The van der Waals surface area contributed by atoms with Crippen molar-refractivity contribution >= 4 is 23.5 Å². The maximum atomic E-state index is 12.0. The average Bonchev–Trinajstić information content (AvgIpc) is 3.20. The minimum atomic E-state index is -0.957. The van der Waals surface area contributed by atoms with E-state index in [-0.39, 0.29) is 5.76 Å². The highest BCUT2D eigenvalue weighted by atomic mass is 16.5. The van der Waals surface area contributed by atoms with Crippen LogP contribution in [0.5, 0.6) is 11.5 Å². The van der Waals surface area contributed by atoms with Crippen molar-refractivity contribution < 1.29 is 33.0 Å². The number of methoxy groups -OCH3 is 2. The van der Waals surface area contributed by atoms with Gasteiger partial charge in [-0.3, -0.25) is 9.59 Å². The van der Waals surface area contributed by atoms with Crippen LogP contribution in [-0.2, 0) is 14.3 Å². The molecule has 0 aliphatic heterocycles. The number of benzene rings is 1. The zero-order chi connectivity index (χ0) is 19.8. The number of hydrogen-bond donors (Lipinski definition) is 2. The first kappa shape index (κ1) is 19.8. The van der Waals surface area contributed by atoms with Gasteiger partial charge in [-0.2, -0.15) is 0 Å². The van der Waals surface area contributed by atoms with Crippen LogP contribution in [0.15, 0.2) is 41.0 Å². The van der Waals surface area contributed by atoms with Crippen LogP contribution in [-0.4, -0.2) is 44.7 Å². The van der Waals surface area contributed by atoms with E-state index in [1.54, 1.807) is 24.3 Å². The van der Waals surface area contributed by atoms with Gasteiger partial charge in [0, 0.05) is 6.07 Å². The molecule has 1 aromatic carbocycles. The van der Waals surface area contributed by atoms with Crippen molar-refractivity contribution in [2.75, 3.05) is 26.1 Å². The summed E-state index contributed by atoms with van der Waals surface area (Å²) in [5, 5.41) is 4.98. The number of esters is 1. The molecule has 0 aliphatic carbocycles. The van der Waals surface area contributed by atoms with E-state index in [0.29, 0.717) is 17.2 Å². The fraction of sp³-hybridized carbons (Fsp3) is 0.278. The van der Waals surface area contributed by atoms with Crippen molar-refractivity contribution in [1.29, 1.82) is 0 Å². The summed E-state index contributed by atoms with van der Waals surface area (Å²) in [5.74, 6) is -0.874. The zero-order valence-corrected chi connectivity index (χ0v) is 15.1. The third-order valence-corrected chi connectivity index (χ3v) is 3.47. The number of hydrogen-bond acceptors (Lipinski definition) is 7. The molecule has 0 saturated heterocycles. The number of furan rings is 1. The largest absolute Gasteiger partial charge is 0.497 e. The second-order valence-electron chi connectivity index (χ2n) is 5.39. The molecule has 1 atom stereocenters. The highest BCUT2D eigenvalue weighted by Crippen LogP contribution is 2.28.